The smallest absolute Gasteiger partial charge is 0.234 e. The van der Waals surface area contributed by atoms with Crippen molar-refractivity contribution in [1.29, 1.82) is 0 Å². The van der Waals surface area contributed by atoms with Gasteiger partial charge in [0.25, 0.3) is 0 Å². The average molecular weight is 329 g/mol. The Hall–Kier alpha value is -1.46. The van der Waals surface area contributed by atoms with Gasteiger partial charge in [0, 0.05) is 6.54 Å². The maximum absolute atomic E-state index is 11.7. The standard InChI is InChI=1S/C16H24N2O3.ClH/c1-3-21-15-8-13(6-7-14(15)20-2)10-18-16(19)11-17-9-12-4-5-12;/h6-8,12,17H,3-5,9-11H2,1-2H3,(H,18,19);1H. The lowest BCUT2D eigenvalue weighted by Crippen LogP contribution is -2.34. The molecule has 1 amide bonds. The zero-order chi connectivity index (χ0) is 15.1. The van der Waals surface area contributed by atoms with Crippen LogP contribution in [0.15, 0.2) is 18.2 Å². The summed E-state index contributed by atoms with van der Waals surface area (Å²) >= 11 is 0. The summed E-state index contributed by atoms with van der Waals surface area (Å²) in [4.78, 5) is 11.7. The Morgan fingerprint density at radius 2 is 2.09 bits per heavy atom. The van der Waals surface area contributed by atoms with Gasteiger partial charge in [-0.3, -0.25) is 4.79 Å². The molecular formula is C16H25ClN2O3. The van der Waals surface area contributed by atoms with Gasteiger partial charge in [-0.15, -0.1) is 12.4 Å². The van der Waals surface area contributed by atoms with Gasteiger partial charge < -0.3 is 20.1 Å². The van der Waals surface area contributed by atoms with Crippen LogP contribution in [-0.2, 0) is 11.3 Å². The van der Waals surface area contributed by atoms with Gasteiger partial charge in [0.15, 0.2) is 11.5 Å². The van der Waals surface area contributed by atoms with Crippen molar-refractivity contribution in [3.8, 4) is 11.5 Å². The predicted octanol–water partition coefficient (Wildman–Crippen LogP) is 2.13. The monoisotopic (exact) mass is 328 g/mol. The van der Waals surface area contributed by atoms with Crippen LogP contribution in [0.5, 0.6) is 11.5 Å². The molecule has 1 saturated carbocycles. The minimum Gasteiger partial charge on any atom is -0.493 e. The first-order valence-electron chi connectivity index (χ1n) is 7.50. The van der Waals surface area contributed by atoms with Gasteiger partial charge in [-0.05, 0) is 49.9 Å². The molecule has 0 aromatic heterocycles. The van der Waals surface area contributed by atoms with Crippen molar-refractivity contribution in [2.75, 3.05) is 26.8 Å². The SMILES string of the molecule is CCOc1cc(CNC(=O)CNCC2CC2)ccc1OC.Cl. The predicted molar refractivity (Wildman–Crippen MR) is 88.9 cm³/mol. The van der Waals surface area contributed by atoms with E-state index in [0.717, 1.165) is 18.0 Å². The van der Waals surface area contributed by atoms with Gasteiger partial charge >= 0.3 is 0 Å². The molecule has 0 bridgehead atoms. The van der Waals surface area contributed by atoms with E-state index in [2.05, 4.69) is 10.6 Å². The molecule has 0 spiro atoms. The first-order valence-corrected chi connectivity index (χ1v) is 7.50. The van der Waals surface area contributed by atoms with Gasteiger partial charge in [0.2, 0.25) is 5.91 Å². The minimum absolute atomic E-state index is 0. The average Bonchev–Trinajstić information content (AvgIpc) is 3.30. The third kappa shape index (κ3) is 6.12. The molecule has 1 aliphatic rings. The van der Waals surface area contributed by atoms with Crippen molar-refractivity contribution >= 4 is 18.3 Å². The highest BCUT2D eigenvalue weighted by molar-refractivity contribution is 5.85. The van der Waals surface area contributed by atoms with E-state index in [9.17, 15) is 4.79 Å². The number of ether oxygens (including phenoxy) is 2. The third-order valence-corrected chi connectivity index (χ3v) is 3.43. The van der Waals surface area contributed by atoms with Gasteiger partial charge in [0.1, 0.15) is 0 Å². The molecular weight excluding hydrogens is 304 g/mol. The van der Waals surface area contributed by atoms with E-state index in [4.69, 9.17) is 9.47 Å². The Morgan fingerprint density at radius 1 is 1.32 bits per heavy atom. The summed E-state index contributed by atoms with van der Waals surface area (Å²) in [6.07, 6.45) is 2.58. The minimum atomic E-state index is 0. The number of halogens is 1. The van der Waals surface area contributed by atoms with Crippen molar-refractivity contribution in [2.45, 2.75) is 26.3 Å². The Balaban J connectivity index is 0.00000242. The second-order valence-electron chi connectivity index (χ2n) is 5.27. The normalized spacial score (nSPS) is 13.2. The maximum Gasteiger partial charge on any atom is 0.234 e. The van der Waals surface area contributed by atoms with E-state index in [-0.39, 0.29) is 18.3 Å². The number of carbonyl (C=O) groups is 1. The molecule has 0 unspecified atom stereocenters. The first-order chi connectivity index (χ1) is 10.2. The van der Waals surface area contributed by atoms with Gasteiger partial charge in [-0.2, -0.15) is 0 Å². The number of hydrogen-bond donors (Lipinski definition) is 2. The van der Waals surface area contributed by atoms with Crippen LogP contribution in [0.25, 0.3) is 0 Å². The molecule has 0 saturated heterocycles. The van der Waals surface area contributed by atoms with Crippen LogP contribution in [0.3, 0.4) is 0 Å². The van der Waals surface area contributed by atoms with Crippen molar-refractivity contribution in [3.63, 3.8) is 0 Å². The summed E-state index contributed by atoms with van der Waals surface area (Å²) in [6, 6.07) is 5.69. The quantitative estimate of drug-likeness (QED) is 0.729. The molecule has 1 fully saturated rings. The highest BCUT2D eigenvalue weighted by Crippen LogP contribution is 2.28. The molecule has 2 rings (SSSR count). The van der Waals surface area contributed by atoms with E-state index >= 15 is 0 Å². The van der Waals surface area contributed by atoms with E-state index in [1.54, 1.807) is 7.11 Å². The lowest BCUT2D eigenvalue weighted by atomic mass is 10.2. The van der Waals surface area contributed by atoms with Crippen molar-refractivity contribution in [1.82, 2.24) is 10.6 Å². The second-order valence-corrected chi connectivity index (χ2v) is 5.27. The van der Waals surface area contributed by atoms with Crippen LogP contribution in [0.4, 0.5) is 0 Å². The summed E-state index contributed by atoms with van der Waals surface area (Å²) in [6.45, 7) is 4.33. The topological polar surface area (TPSA) is 59.6 Å². The molecule has 2 N–H and O–H groups in total. The summed E-state index contributed by atoms with van der Waals surface area (Å²) in [5.74, 6) is 2.22. The number of benzene rings is 1. The molecule has 0 aliphatic heterocycles. The van der Waals surface area contributed by atoms with Crippen LogP contribution in [-0.4, -0.2) is 32.7 Å². The van der Waals surface area contributed by atoms with E-state index < -0.39 is 0 Å². The number of carbonyl (C=O) groups excluding carboxylic acids is 1. The fraction of sp³-hybridized carbons (Fsp3) is 0.562. The van der Waals surface area contributed by atoms with Crippen molar-refractivity contribution < 1.29 is 14.3 Å². The van der Waals surface area contributed by atoms with E-state index in [1.165, 1.54) is 12.8 Å². The number of hydrogen-bond acceptors (Lipinski definition) is 4. The third-order valence-electron chi connectivity index (χ3n) is 3.43. The van der Waals surface area contributed by atoms with Crippen LogP contribution in [0, 0.1) is 5.92 Å². The maximum atomic E-state index is 11.7. The van der Waals surface area contributed by atoms with Crippen LogP contribution in [0.1, 0.15) is 25.3 Å². The summed E-state index contributed by atoms with van der Waals surface area (Å²) < 4.78 is 10.8. The Kier molecular flexibility index (Phi) is 8.06. The lowest BCUT2D eigenvalue weighted by molar-refractivity contribution is -0.120. The zero-order valence-electron chi connectivity index (χ0n) is 13.2. The molecule has 5 nitrogen and oxygen atoms in total. The molecule has 22 heavy (non-hydrogen) atoms. The lowest BCUT2D eigenvalue weighted by Gasteiger charge is -2.12. The fourth-order valence-corrected chi connectivity index (χ4v) is 2.07. The Bertz CT molecular complexity index is 478. The van der Waals surface area contributed by atoms with Gasteiger partial charge in [-0.1, -0.05) is 6.07 Å². The molecule has 1 aliphatic carbocycles. The highest BCUT2D eigenvalue weighted by atomic mass is 35.5. The zero-order valence-corrected chi connectivity index (χ0v) is 14.0. The number of rotatable bonds is 9. The second kappa shape index (κ2) is 9.54. The highest BCUT2D eigenvalue weighted by Gasteiger charge is 2.20. The van der Waals surface area contributed by atoms with E-state index in [0.29, 0.717) is 31.2 Å². The Morgan fingerprint density at radius 3 is 2.73 bits per heavy atom. The molecule has 0 radical (unpaired) electrons. The van der Waals surface area contributed by atoms with Crippen LogP contribution < -0.4 is 20.1 Å². The molecule has 6 heteroatoms. The largest absolute Gasteiger partial charge is 0.493 e. The summed E-state index contributed by atoms with van der Waals surface area (Å²) in [5.41, 5.74) is 0.995. The molecule has 1 aromatic rings. The summed E-state index contributed by atoms with van der Waals surface area (Å²) in [5, 5.41) is 6.08. The Labute approximate surface area is 138 Å². The summed E-state index contributed by atoms with van der Waals surface area (Å²) in [7, 11) is 1.62. The molecule has 1 aromatic carbocycles. The van der Waals surface area contributed by atoms with E-state index in [1.807, 2.05) is 25.1 Å². The number of amides is 1. The number of nitrogens with one attached hydrogen (secondary N) is 2. The van der Waals surface area contributed by atoms with Crippen LogP contribution in [0.2, 0.25) is 0 Å². The number of methoxy groups -OCH3 is 1. The fourth-order valence-electron chi connectivity index (χ4n) is 2.07. The van der Waals surface area contributed by atoms with Crippen molar-refractivity contribution in [2.24, 2.45) is 5.92 Å². The van der Waals surface area contributed by atoms with Crippen LogP contribution >= 0.6 is 12.4 Å². The first kappa shape index (κ1) is 18.6. The molecule has 124 valence electrons. The van der Waals surface area contributed by atoms with Crippen molar-refractivity contribution in [3.05, 3.63) is 23.8 Å². The molecule has 0 heterocycles. The van der Waals surface area contributed by atoms with Gasteiger partial charge in [-0.25, -0.2) is 0 Å². The van der Waals surface area contributed by atoms with Gasteiger partial charge in [0.05, 0.1) is 20.3 Å². The molecule has 0 atom stereocenters.